The van der Waals surface area contributed by atoms with E-state index in [0.717, 1.165) is 22.1 Å². The van der Waals surface area contributed by atoms with E-state index in [1.807, 2.05) is 12.1 Å². The molecule has 2 unspecified atom stereocenters. The zero-order chi connectivity index (χ0) is 12.5. The third kappa shape index (κ3) is 2.60. The smallest absolute Gasteiger partial charge is 0.0451 e. The van der Waals surface area contributed by atoms with Crippen LogP contribution in [0.3, 0.4) is 0 Å². The molecule has 1 N–H and O–H groups in total. The molecule has 0 aliphatic carbocycles. The van der Waals surface area contributed by atoms with Crippen LogP contribution in [0.15, 0.2) is 22.7 Å². The zero-order valence-electron chi connectivity index (χ0n) is 10.3. The number of halogens is 2. The van der Waals surface area contributed by atoms with Crippen LogP contribution in [0.5, 0.6) is 0 Å². The molecule has 3 rings (SSSR count). The van der Waals surface area contributed by atoms with Crippen LogP contribution >= 0.6 is 27.5 Å². The van der Waals surface area contributed by atoms with Crippen LogP contribution < -0.4 is 5.32 Å². The highest BCUT2D eigenvalue weighted by molar-refractivity contribution is 9.10. The van der Waals surface area contributed by atoms with E-state index in [9.17, 15) is 0 Å². The molecule has 0 spiro atoms. The molecule has 0 radical (unpaired) electrons. The fourth-order valence-electron chi connectivity index (χ4n) is 3.24. The minimum absolute atomic E-state index is 0.641. The summed E-state index contributed by atoms with van der Waals surface area (Å²) in [5.41, 5.74) is 1.18. The molecule has 18 heavy (non-hydrogen) atoms. The van der Waals surface area contributed by atoms with E-state index in [1.54, 1.807) is 0 Å². The van der Waals surface area contributed by atoms with Gasteiger partial charge in [-0.25, -0.2) is 0 Å². The molecule has 2 saturated heterocycles. The summed E-state index contributed by atoms with van der Waals surface area (Å²) in [5, 5.41) is 4.54. The van der Waals surface area contributed by atoms with E-state index in [0.29, 0.717) is 6.04 Å². The van der Waals surface area contributed by atoms with Gasteiger partial charge in [0, 0.05) is 34.7 Å². The lowest BCUT2D eigenvalue weighted by Crippen LogP contribution is -2.38. The highest BCUT2D eigenvalue weighted by atomic mass is 79.9. The van der Waals surface area contributed by atoms with E-state index in [1.165, 1.54) is 37.9 Å². The first-order valence-electron chi connectivity index (χ1n) is 6.65. The second-order valence-corrected chi connectivity index (χ2v) is 6.58. The number of hydrogen-bond acceptors (Lipinski definition) is 2. The normalized spacial score (nSPS) is 27.7. The number of hydrogen-bond donors (Lipinski definition) is 1. The van der Waals surface area contributed by atoms with Gasteiger partial charge in [0.2, 0.25) is 0 Å². The Kier molecular flexibility index (Phi) is 3.94. The molecule has 1 aromatic carbocycles. The van der Waals surface area contributed by atoms with Gasteiger partial charge in [0.05, 0.1) is 0 Å². The minimum Gasteiger partial charge on any atom is -0.308 e. The van der Waals surface area contributed by atoms with Gasteiger partial charge in [-0.3, -0.25) is 4.90 Å². The van der Waals surface area contributed by atoms with Crippen molar-refractivity contribution in [2.75, 3.05) is 13.1 Å². The van der Waals surface area contributed by atoms with Gasteiger partial charge in [-0.2, -0.15) is 0 Å². The molecule has 0 amide bonds. The molecule has 1 aromatic rings. The van der Waals surface area contributed by atoms with Crippen molar-refractivity contribution in [1.82, 2.24) is 10.2 Å². The number of fused-ring (bicyclic) bond motifs is 1. The summed E-state index contributed by atoms with van der Waals surface area (Å²) in [5.74, 6) is 0. The monoisotopic (exact) mass is 328 g/mol. The van der Waals surface area contributed by atoms with Crippen LogP contribution in [0.2, 0.25) is 5.02 Å². The Balaban J connectivity index is 1.62. The Morgan fingerprint density at radius 3 is 3.11 bits per heavy atom. The topological polar surface area (TPSA) is 15.3 Å². The highest BCUT2D eigenvalue weighted by Gasteiger charge is 2.36. The molecule has 0 bridgehead atoms. The third-order valence-corrected chi connectivity index (χ3v) is 5.03. The molecule has 98 valence electrons. The van der Waals surface area contributed by atoms with Crippen molar-refractivity contribution in [1.29, 1.82) is 0 Å². The summed E-state index contributed by atoms with van der Waals surface area (Å²) in [6.45, 7) is 3.42. The van der Waals surface area contributed by atoms with E-state index in [-0.39, 0.29) is 0 Å². The average Bonchev–Trinajstić information content (AvgIpc) is 2.93. The van der Waals surface area contributed by atoms with Gasteiger partial charge in [-0.1, -0.05) is 27.5 Å². The zero-order valence-corrected chi connectivity index (χ0v) is 12.7. The van der Waals surface area contributed by atoms with Crippen molar-refractivity contribution in [3.05, 3.63) is 33.3 Å². The third-order valence-electron chi connectivity index (χ3n) is 4.17. The van der Waals surface area contributed by atoms with E-state index < -0.39 is 0 Å². The van der Waals surface area contributed by atoms with E-state index >= 15 is 0 Å². The van der Waals surface area contributed by atoms with Gasteiger partial charge in [-0.15, -0.1) is 0 Å². The molecule has 4 heteroatoms. The first-order chi connectivity index (χ1) is 8.74. The van der Waals surface area contributed by atoms with Crippen LogP contribution in [-0.4, -0.2) is 30.1 Å². The van der Waals surface area contributed by atoms with E-state index in [2.05, 4.69) is 32.2 Å². The van der Waals surface area contributed by atoms with Crippen molar-refractivity contribution >= 4 is 27.5 Å². The van der Waals surface area contributed by atoms with Gasteiger partial charge < -0.3 is 5.32 Å². The minimum atomic E-state index is 0.641. The maximum absolute atomic E-state index is 6.22. The molecule has 2 aliphatic heterocycles. The predicted molar refractivity (Wildman–Crippen MR) is 79.0 cm³/mol. The molecule has 2 aliphatic rings. The molecule has 2 atom stereocenters. The average molecular weight is 330 g/mol. The van der Waals surface area contributed by atoms with Crippen molar-refractivity contribution in [2.45, 2.75) is 37.9 Å². The standard InChI is InChI=1S/C14H18BrClN2/c15-11-3-4-12(16)10(8-11)9-17-13-5-7-18-6-1-2-14(13)18/h3-4,8,13-14,17H,1-2,5-7,9H2. The molecular weight excluding hydrogens is 312 g/mol. The first kappa shape index (κ1) is 12.9. The Morgan fingerprint density at radius 2 is 2.22 bits per heavy atom. The van der Waals surface area contributed by atoms with Gasteiger partial charge >= 0.3 is 0 Å². The van der Waals surface area contributed by atoms with E-state index in [4.69, 9.17) is 11.6 Å². The molecule has 0 saturated carbocycles. The van der Waals surface area contributed by atoms with Crippen molar-refractivity contribution < 1.29 is 0 Å². The molecule has 2 nitrogen and oxygen atoms in total. The predicted octanol–water partition coefficient (Wildman–Crippen LogP) is 3.43. The Morgan fingerprint density at radius 1 is 1.33 bits per heavy atom. The largest absolute Gasteiger partial charge is 0.308 e. The number of nitrogens with zero attached hydrogens (tertiary/aromatic N) is 1. The lowest BCUT2D eigenvalue weighted by molar-refractivity contribution is 0.298. The summed E-state index contributed by atoms with van der Waals surface area (Å²) in [4.78, 5) is 2.63. The molecule has 0 aromatic heterocycles. The SMILES string of the molecule is Clc1ccc(Br)cc1CNC1CCN2CCCC12. The van der Waals surface area contributed by atoms with Gasteiger partial charge in [-0.05, 0) is 49.6 Å². The summed E-state index contributed by atoms with van der Waals surface area (Å²) < 4.78 is 1.10. The second-order valence-electron chi connectivity index (χ2n) is 5.26. The maximum atomic E-state index is 6.22. The molecule has 2 heterocycles. The van der Waals surface area contributed by atoms with Crippen LogP contribution in [0.1, 0.15) is 24.8 Å². The van der Waals surface area contributed by atoms with Crippen LogP contribution in [0.4, 0.5) is 0 Å². The van der Waals surface area contributed by atoms with Gasteiger partial charge in [0.1, 0.15) is 0 Å². The van der Waals surface area contributed by atoms with Gasteiger partial charge in [0.25, 0.3) is 0 Å². The fourth-order valence-corrected chi connectivity index (χ4v) is 3.83. The first-order valence-corrected chi connectivity index (χ1v) is 7.82. The lowest BCUT2D eigenvalue weighted by atomic mass is 10.1. The molecule has 2 fully saturated rings. The van der Waals surface area contributed by atoms with Crippen molar-refractivity contribution in [3.63, 3.8) is 0 Å². The summed E-state index contributed by atoms with van der Waals surface area (Å²) in [7, 11) is 0. The maximum Gasteiger partial charge on any atom is 0.0451 e. The summed E-state index contributed by atoms with van der Waals surface area (Å²) in [6.07, 6.45) is 3.99. The quantitative estimate of drug-likeness (QED) is 0.914. The Bertz CT molecular complexity index is 438. The highest BCUT2D eigenvalue weighted by Crippen LogP contribution is 2.28. The second kappa shape index (κ2) is 5.49. The van der Waals surface area contributed by atoms with Gasteiger partial charge in [0.15, 0.2) is 0 Å². The van der Waals surface area contributed by atoms with Crippen LogP contribution in [0.25, 0.3) is 0 Å². The van der Waals surface area contributed by atoms with Crippen molar-refractivity contribution in [3.8, 4) is 0 Å². The number of benzene rings is 1. The number of nitrogens with one attached hydrogen (secondary N) is 1. The summed E-state index contributed by atoms with van der Waals surface area (Å²) >= 11 is 9.72. The summed E-state index contributed by atoms with van der Waals surface area (Å²) in [6, 6.07) is 7.45. The fraction of sp³-hybridized carbons (Fsp3) is 0.571. The van der Waals surface area contributed by atoms with Crippen molar-refractivity contribution in [2.24, 2.45) is 0 Å². The van der Waals surface area contributed by atoms with Crippen LogP contribution in [-0.2, 0) is 6.54 Å². The number of rotatable bonds is 3. The Labute approximate surface area is 122 Å². The lowest BCUT2D eigenvalue weighted by Gasteiger charge is -2.21. The Hall–Kier alpha value is -0.0900. The van der Waals surface area contributed by atoms with Crippen LogP contribution in [0, 0.1) is 0 Å². The molecular formula is C14H18BrClN2.